The summed E-state index contributed by atoms with van der Waals surface area (Å²) in [5.74, 6) is 0.574. The van der Waals surface area contributed by atoms with Crippen molar-refractivity contribution in [1.29, 1.82) is 0 Å². The van der Waals surface area contributed by atoms with Crippen LogP contribution in [0.15, 0.2) is 224 Å². The Labute approximate surface area is 405 Å². The number of anilines is 3. The highest BCUT2D eigenvalue weighted by Crippen LogP contribution is 2.52. The summed E-state index contributed by atoms with van der Waals surface area (Å²) in [5, 5.41) is 5.22. The molecule has 0 amide bonds. The minimum atomic E-state index is -0.108. The number of aromatic nitrogens is 1. The van der Waals surface area contributed by atoms with Crippen molar-refractivity contribution in [3.63, 3.8) is 0 Å². The summed E-state index contributed by atoms with van der Waals surface area (Å²) < 4.78 is 2.39. The Morgan fingerprint density at radius 1 is 0.420 bits per heavy atom. The molecule has 2 nitrogen and oxygen atoms in total. The second kappa shape index (κ2) is 16.7. The van der Waals surface area contributed by atoms with Crippen LogP contribution in [0.3, 0.4) is 0 Å². The zero-order chi connectivity index (χ0) is 46.1. The van der Waals surface area contributed by atoms with E-state index in [1.807, 2.05) is 0 Å². The van der Waals surface area contributed by atoms with Gasteiger partial charge in [0.25, 0.3) is 0 Å². The molecular weight excluding hydrogens is 833 g/mol. The van der Waals surface area contributed by atoms with Gasteiger partial charge in [-0.05, 0) is 140 Å². The maximum atomic E-state index is 2.53. The average molecular weight is 887 g/mol. The smallest absolute Gasteiger partial charge is 0.0541 e. The van der Waals surface area contributed by atoms with Crippen LogP contribution < -0.4 is 4.90 Å². The first-order chi connectivity index (χ1) is 34.0. The normalized spacial score (nSPS) is 14.3. The van der Waals surface area contributed by atoms with Gasteiger partial charge in [0, 0.05) is 38.7 Å². The summed E-state index contributed by atoms with van der Waals surface area (Å²) in [5.41, 5.74) is 21.2. The van der Waals surface area contributed by atoms with Gasteiger partial charge in [-0.25, -0.2) is 0 Å². The Bertz CT molecular complexity index is 3730. The summed E-state index contributed by atoms with van der Waals surface area (Å²) >= 11 is 0. The van der Waals surface area contributed by atoms with E-state index in [9.17, 15) is 0 Å². The number of para-hydroxylation sites is 4. The molecule has 1 saturated carbocycles. The molecule has 0 bridgehead atoms. The number of nitrogens with zero attached hydrogens (tertiary/aromatic N) is 2. The molecule has 10 aromatic carbocycles. The standard InChI is InChI=1S/C67H54N2/c1-67(2)60-31-13-9-26-54(60)55-41-37-49(44-61(55)67)52-25-10-14-32-62(52)69(63-33-15-11-27-56(63)58-30-18-22-47-21-17-29-53(66(47)58)46-19-5-3-6-20-46)51-39-35-45(36-40-51)48-38-42-65-59(43-48)57-28-12-16-34-64(57)68(65)50-23-7-4-8-24-50/h4,7-18,21-44,46H,3,5-6,19-20H2,1-2H3. The molecule has 2 heteroatoms. The number of hydrogen-bond donors (Lipinski definition) is 0. The maximum Gasteiger partial charge on any atom is 0.0541 e. The number of benzene rings is 10. The molecule has 13 rings (SSSR count). The highest BCUT2D eigenvalue weighted by Gasteiger charge is 2.35. The van der Waals surface area contributed by atoms with Gasteiger partial charge in [0.1, 0.15) is 0 Å². The van der Waals surface area contributed by atoms with Crippen molar-refractivity contribution in [2.75, 3.05) is 4.90 Å². The van der Waals surface area contributed by atoms with Crippen LogP contribution in [0.2, 0.25) is 0 Å². The van der Waals surface area contributed by atoms with Crippen molar-refractivity contribution in [1.82, 2.24) is 4.57 Å². The summed E-state index contributed by atoms with van der Waals surface area (Å²) in [6.07, 6.45) is 6.46. The molecule has 1 fully saturated rings. The molecular formula is C67H54N2. The molecule has 69 heavy (non-hydrogen) atoms. The van der Waals surface area contributed by atoms with Gasteiger partial charge in [0.05, 0.1) is 22.4 Å². The Morgan fingerprint density at radius 2 is 1.03 bits per heavy atom. The van der Waals surface area contributed by atoms with Crippen LogP contribution in [-0.2, 0) is 5.41 Å². The lowest BCUT2D eigenvalue weighted by Crippen LogP contribution is -2.15. The quantitative estimate of drug-likeness (QED) is 0.148. The van der Waals surface area contributed by atoms with Crippen LogP contribution in [0.4, 0.5) is 17.1 Å². The first-order valence-electron chi connectivity index (χ1n) is 25.0. The van der Waals surface area contributed by atoms with E-state index in [4.69, 9.17) is 0 Å². The minimum absolute atomic E-state index is 0.108. The van der Waals surface area contributed by atoms with Gasteiger partial charge in [-0.3, -0.25) is 0 Å². The van der Waals surface area contributed by atoms with Gasteiger partial charge in [-0.15, -0.1) is 0 Å². The van der Waals surface area contributed by atoms with Gasteiger partial charge in [0.15, 0.2) is 0 Å². The Balaban J connectivity index is 0.985. The molecule has 0 N–H and O–H groups in total. The lowest BCUT2D eigenvalue weighted by atomic mass is 9.80. The molecule has 0 spiro atoms. The number of rotatable bonds is 8. The fraction of sp³-hybridized carbons (Fsp3) is 0.134. The molecule has 0 aliphatic heterocycles. The Kier molecular flexibility index (Phi) is 9.98. The van der Waals surface area contributed by atoms with Crippen LogP contribution in [0.25, 0.3) is 82.8 Å². The van der Waals surface area contributed by atoms with Crippen molar-refractivity contribution in [3.05, 3.63) is 241 Å². The van der Waals surface area contributed by atoms with Crippen LogP contribution in [-0.4, -0.2) is 4.57 Å². The predicted molar refractivity (Wildman–Crippen MR) is 293 cm³/mol. The van der Waals surface area contributed by atoms with Crippen LogP contribution in [0.5, 0.6) is 0 Å². The summed E-state index contributed by atoms with van der Waals surface area (Å²) in [6.45, 7) is 4.75. The van der Waals surface area contributed by atoms with Gasteiger partial charge in [-0.2, -0.15) is 0 Å². The fourth-order valence-corrected chi connectivity index (χ4v) is 12.2. The van der Waals surface area contributed by atoms with Gasteiger partial charge < -0.3 is 9.47 Å². The monoisotopic (exact) mass is 886 g/mol. The van der Waals surface area contributed by atoms with Crippen molar-refractivity contribution in [2.45, 2.75) is 57.3 Å². The van der Waals surface area contributed by atoms with E-state index in [1.165, 1.54) is 132 Å². The van der Waals surface area contributed by atoms with E-state index < -0.39 is 0 Å². The van der Waals surface area contributed by atoms with Crippen LogP contribution >= 0.6 is 0 Å². The van der Waals surface area contributed by atoms with Crippen LogP contribution in [0, 0.1) is 0 Å². The maximum absolute atomic E-state index is 2.53. The predicted octanol–water partition coefficient (Wildman–Crippen LogP) is 18.8. The van der Waals surface area contributed by atoms with Gasteiger partial charge in [0.2, 0.25) is 0 Å². The zero-order valence-corrected chi connectivity index (χ0v) is 39.4. The lowest BCUT2D eigenvalue weighted by Gasteiger charge is -2.31. The molecule has 1 aromatic heterocycles. The first kappa shape index (κ1) is 41.3. The third-order valence-corrected chi connectivity index (χ3v) is 15.6. The molecule has 0 atom stereocenters. The molecule has 0 radical (unpaired) electrons. The third kappa shape index (κ3) is 6.84. The van der Waals surface area contributed by atoms with Crippen molar-refractivity contribution in [3.8, 4) is 50.2 Å². The molecule has 2 aliphatic carbocycles. The minimum Gasteiger partial charge on any atom is -0.309 e. The summed E-state index contributed by atoms with van der Waals surface area (Å²) in [6, 6.07) is 84.0. The second-order valence-electron chi connectivity index (χ2n) is 19.9. The van der Waals surface area contributed by atoms with E-state index >= 15 is 0 Å². The molecule has 332 valence electrons. The topological polar surface area (TPSA) is 8.17 Å². The number of fused-ring (bicyclic) bond motifs is 7. The second-order valence-corrected chi connectivity index (χ2v) is 19.9. The molecule has 2 aliphatic rings. The van der Waals surface area contributed by atoms with E-state index in [0.29, 0.717) is 5.92 Å². The number of hydrogen-bond acceptors (Lipinski definition) is 1. The SMILES string of the molecule is CC1(C)c2ccccc2-c2ccc(-c3ccccc3N(c3ccc(-c4ccc5c(c4)c4ccccc4n5-c4ccccc4)cc3)c3ccccc3-c3cccc4cccc(C5CCCCC5)c34)cc21. The fourth-order valence-electron chi connectivity index (χ4n) is 12.2. The van der Waals surface area contributed by atoms with Crippen molar-refractivity contribution in [2.24, 2.45) is 0 Å². The van der Waals surface area contributed by atoms with Gasteiger partial charge >= 0.3 is 0 Å². The Hall–Kier alpha value is -7.94. The van der Waals surface area contributed by atoms with E-state index in [-0.39, 0.29) is 5.41 Å². The largest absolute Gasteiger partial charge is 0.309 e. The van der Waals surface area contributed by atoms with E-state index in [0.717, 1.165) is 17.1 Å². The summed E-state index contributed by atoms with van der Waals surface area (Å²) in [7, 11) is 0. The molecule has 1 heterocycles. The molecule has 11 aromatic rings. The van der Waals surface area contributed by atoms with Gasteiger partial charge in [-0.1, -0.05) is 197 Å². The van der Waals surface area contributed by atoms with Crippen molar-refractivity contribution >= 4 is 49.6 Å². The lowest BCUT2D eigenvalue weighted by molar-refractivity contribution is 0.445. The average Bonchev–Trinajstić information content (AvgIpc) is 3.86. The Morgan fingerprint density at radius 3 is 1.84 bits per heavy atom. The third-order valence-electron chi connectivity index (χ3n) is 15.6. The zero-order valence-electron chi connectivity index (χ0n) is 39.4. The van der Waals surface area contributed by atoms with Crippen LogP contribution in [0.1, 0.15) is 68.6 Å². The first-order valence-corrected chi connectivity index (χ1v) is 25.0. The molecule has 0 saturated heterocycles. The summed E-state index contributed by atoms with van der Waals surface area (Å²) in [4.78, 5) is 2.53. The molecule has 0 unspecified atom stereocenters. The highest BCUT2D eigenvalue weighted by molar-refractivity contribution is 6.11. The van der Waals surface area contributed by atoms with E-state index in [2.05, 4.69) is 248 Å². The van der Waals surface area contributed by atoms with E-state index in [1.54, 1.807) is 0 Å². The van der Waals surface area contributed by atoms with Crippen molar-refractivity contribution < 1.29 is 0 Å². The highest BCUT2D eigenvalue weighted by atomic mass is 15.1.